The SMILES string of the molecule is CCCCOc1cc(NC(=O)OC(C)(C)C)cnc1C. The Hall–Kier alpha value is -1.78. The normalized spacial score (nSPS) is 11.1. The van der Waals surface area contributed by atoms with Gasteiger partial charge in [0, 0.05) is 6.07 Å². The fourth-order valence-corrected chi connectivity index (χ4v) is 1.48. The molecular formula is C15H24N2O3. The number of aromatic nitrogens is 1. The second-order valence-corrected chi connectivity index (χ2v) is 5.64. The molecule has 1 N–H and O–H groups in total. The van der Waals surface area contributed by atoms with Gasteiger partial charge in [0.25, 0.3) is 0 Å². The fraction of sp³-hybridized carbons (Fsp3) is 0.600. The molecule has 112 valence electrons. The van der Waals surface area contributed by atoms with E-state index >= 15 is 0 Å². The van der Waals surface area contributed by atoms with Crippen LogP contribution in [0.1, 0.15) is 46.2 Å². The summed E-state index contributed by atoms with van der Waals surface area (Å²) in [4.78, 5) is 15.9. The van der Waals surface area contributed by atoms with Gasteiger partial charge in [0.15, 0.2) is 0 Å². The Labute approximate surface area is 120 Å². The van der Waals surface area contributed by atoms with Crippen LogP contribution in [0.3, 0.4) is 0 Å². The number of ether oxygens (including phenoxy) is 2. The Morgan fingerprint density at radius 1 is 1.40 bits per heavy atom. The highest BCUT2D eigenvalue weighted by Crippen LogP contribution is 2.21. The molecule has 0 saturated carbocycles. The van der Waals surface area contributed by atoms with E-state index in [0.29, 0.717) is 18.0 Å². The first-order valence-corrected chi connectivity index (χ1v) is 6.91. The van der Waals surface area contributed by atoms with Gasteiger partial charge in [-0.2, -0.15) is 0 Å². The summed E-state index contributed by atoms with van der Waals surface area (Å²) in [7, 11) is 0. The number of carbonyl (C=O) groups excluding carboxylic acids is 1. The van der Waals surface area contributed by atoms with Gasteiger partial charge in [0.1, 0.15) is 11.4 Å². The quantitative estimate of drug-likeness (QED) is 0.830. The third-order valence-corrected chi connectivity index (χ3v) is 2.44. The van der Waals surface area contributed by atoms with Gasteiger partial charge in [-0.15, -0.1) is 0 Å². The van der Waals surface area contributed by atoms with Crippen molar-refractivity contribution in [3.05, 3.63) is 18.0 Å². The maximum Gasteiger partial charge on any atom is 0.412 e. The molecule has 5 nitrogen and oxygen atoms in total. The molecule has 1 aromatic heterocycles. The summed E-state index contributed by atoms with van der Waals surface area (Å²) in [6.07, 6.45) is 3.15. The minimum absolute atomic E-state index is 0.498. The van der Waals surface area contributed by atoms with Crippen molar-refractivity contribution in [3.63, 3.8) is 0 Å². The van der Waals surface area contributed by atoms with Gasteiger partial charge < -0.3 is 9.47 Å². The van der Waals surface area contributed by atoms with Crippen LogP contribution in [-0.2, 0) is 4.74 Å². The van der Waals surface area contributed by atoms with Crippen LogP contribution in [0.25, 0.3) is 0 Å². The molecule has 0 spiro atoms. The van der Waals surface area contributed by atoms with Crippen LogP contribution in [0.5, 0.6) is 5.75 Å². The van der Waals surface area contributed by atoms with Crippen LogP contribution in [0.15, 0.2) is 12.3 Å². The number of aryl methyl sites for hydroxylation is 1. The molecule has 0 unspecified atom stereocenters. The minimum Gasteiger partial charge on any atom is -0.492 e. The van der Waals surface area contributed by atoms with E-state index in [-0.39, 0.29) is 0 Å². The van der Waals surface area contributed by atoms with Gasteiger partial charge in [-0.1, -0.05) is 13.3 Å². The van der Waals surface area contributed by atoms with Crippen LogP contribution in [0, 0.1) is 6.92 Å². The number of unbranched alkanes of at least 4 members (excludes halogenated alkanes) is 1. The summed E-state index contributed by atoms with van der Waals surface area (Å²) >= 11 is 0. The summed E-state index contributed by atoms with van der Waals surface area (Å²) in [5.74, 6) is 0.687. The molecule has 0 aliphatic rings. The number of amides is 1. The summed E-state index contributed by atoms with van der Waals surface area (Å²) in [6, 6.07) is 1.77. The largest absolute Gasteiger partial charge is 0.492 e. The zero-order valence-electron chi connectivity index (χ0n) is 12.9. The topological polar surface area (TPSA) is 60.5 Å². The fourth-order valence-electron chi connectivity index (χ4n) is 1.48. The van der Waals surface area contributed by atoms with E-state index in [1.165, 1.54) is 0 Å². The van der Waals surface area contributed by atoms with Crippen molar-refractivity contribution < 1.29 is 14.3 Å². The molecule has 0 aliphatic carbocycles. The van der Waals surface area contributed by atoms with Gasteiger partial charge in [0.2, 0.25) is 0 Å². The summed E-state index contributed by atoms with van der Waals surface area (Å²) in [5, 5.41) is 2.65. The Bertz CT molecular complexity index is 453. The van der Waals surface area contributed by atoms with Crippen molar-refractivity contribution in [1.82, 2.24) is 4.98 Å². The van der Waals surface area contributed by atoms with Gasteiger partial charge in [-0.05, 0) is 34.1 Å². The first-order chi connectivity index (χ1) is 9.31. The lowest BCUT2D eigenvalue weighted by Gasteiger charge is -2.19. The molecule has 0 radical (unpaired) electrons. The summed E-state index contributed by atoms with van der Waals surface area (Å²) in [5.41, 5.74) is 0.843. The van der Waals surface area contributed by atoms with Gasteiger partial charge in [-0.25, -0.2) is 4.79 Å². The highest BCUT2D eigenvalue weighted by molar-refractivity contribution is 5.84. The number of nitrogens with zero attached hydrogens (tertiary/aromatic N) is 1. The van der Waals surface area contributed by atoms with E-state index < -0.39 is 11.7 Å². The molecule has 0 aliphatic heterocycles. The first-order valence-electron chi connectivity index (χ1n) is 6.91. The second-order valence-electron chi connectivity index (χ2n) is 5.64. The lowest BCUT2D eigenvalue weighted by atomic mass is 10.2. The van der Waals surface area contributed by atoms with Crippen molar-refractivity contribution in [2.24, 2.45) is 0 Å². The molecule has 0 atom stereocenters. The Balaban J connectivity index is 2.67. The molecule has 1 amide bonds. The lowest BCUT2D eigenvalue weighted by Crippen LogP contribution is -2.27. The number of nitrogens with one attached hydrogen (secondary N) is 1. The number of pyridine rings is 1. The number of rotatable bonds is 5. The molecule has 5 heteroatoms. The molecule has 1 aromatic rings. The maximum atomic E-state index is 11.7. The molecule has 0 aromatic carbocycles. The number of hydrogen-bond donors (Lipinski definition) is 1. The molecular weight excluding hydrogens is 256 g/mol. The molecule has 0 fully saturated rings. The standard InChI is InChI=1S/C15H24N2O3/c1-6-7-8-19-13-9-12(10-16-11(13)2)17-14(18)20-15(3,4)5/h9-10H,6-8H2,1-5H3,(H,17,18). The highest BCUT2D eigenvalue weighted by Gasteiger charge is 2.16. The van der Waals surface area contributed by atoms with Crippen LogP contribution in [0.2, 0.25) is 0 Å². The van der Waals surface area contributed by atoms with Gasteiger partial charge >= 0.3 is 6.09 Å². The third-order valence-electron chi connectivity index (χ3n) is 2.44. The van der Waals surface area contributed by atoms with Crippen LogP contribution < -0.4 is 10.1 Å². The van der Waals surface area contributed by atoms with Gasteiger partial charge in [0.05, 0.1) is 24.2 Å². The lowest BCUT2D eigenvalue weighted by molar-refractivity contribution is 0.0636. The predicted molar refractivity (Wildman–Crippen MR) is 79.2 cm³/mol. The number of anilines is 1. The van der Waals surface area contributed by atoms with E-state index in [2.05, 4.69) is 17.2 Å². The second kappa shape index (κ2) is 7.12. The molecule has 0 saturated heterocycles. The van der Waals surface area contributed by atoms with E-state index in [1.807, 2.05) is 27.7 Å². The first kappa shape index (κ1) is 16.3. The zero-order valence-corrected chi connectivity index (χ0v) is 12.9. The van der Waals surface area contributed by atoms with Crippen molar-refractivity contribution >= 4 is 11.8 Å². The zero-order chi connectivity index (χ0) is 15.2. The average molecular weight is 280 g/mol. The van der Waals surface area contributed by atoms with E-state index in [1.54, 1.807) is 12.3 Å². The van der Waals surface area contributed by atoms with Crippen molar-refractivity contribution in [2.75, 3.05) is 11.9 Å². The van der Waals surface area contributed by atoms with Crippen molar-refractivity contribution in [3.8, 4) is 5.75 Å². The third kappa shape index (κ3) is 5.91. The monoisotopic (exact) mass is 280 g/mol. The summed E-state index contributed by atoms with van der Waals surface area (Å²) in [6.45, 7) is 10.1. The van der Waals surface area contributed by atoms with Crippen LogP contribution >= 0.6 is 0 Å². The average Bonchev–Trinajstić information content (AvgIpc) is 2.31. The Morgan fingerprint density at radius 3 is 2.70 bits per heavy atom. The van der Waals surface area contributed by atoms with Crippen molar-refractivity contribution in [1.29, 1.82) is 0 Å². The highest BCUT2D eigenvalue weighted by atomic mass is 16.6. The molecule has 1 heterocycles. The Morgan fingerprint density at radius 2 is 2.10 bits per heavy atom. The minimum atomic E-state index is -0.525. The smallest absolute Gasteiger partial charge is 0.412 e. The van der Waals surface area contributed by atoms with Gasteiger partial charge in [-0.3, -0.25) is 10.3 Å². The predicted octanol–water partition coefficient (Wildman–Crippen LogP) is 3.92. The number of hydrogen-bond acceptors (Lipinski definition) is 4. The van der Waals surface area contributed by atoms with E-state index in [4.69, 9.17) is 9.47 Å². The Kier molecular flexibility index (Phi) is 5.80. The molecule has 0 bridgehead atoms. The van der Waals surface area contributed by atoms with Crippen LogP contribution in [-0.4, -0.2) is 23.3 Å². The van der Waals surface area contributed by atoms with Crippen molar-refractivity contribution in [2.45, 2.75) is 53.1 Å². The molecule has 20 heavy (non-hydrogen) atoms. The van der Waals surface area contributed by atoms with E-state index in [9.17, 15) is 4.79 Å². The maximum absolute atomic E-state index is 11.7. The molecule has 1 rings (SSSR count). The van der Waals surface area contributed by atoms with Crippen LogP contribution in [0.4, 0.5) is 10.5 Å². The summed E-state index contributed by atoms with van der Waals surface area (Å²) < 4.78 is 10.8. The number of carbonyl (C=O) groups is 1. The van der Waals surface area contributed by atoms with E-state index in [0.717, 1.165) is 18.5 Å².